The topological polar surface area (TPSA) is 63.7 Å². The van der Waals surface area contributed by atoms with E-state index < -0.39 is 0 Å². The van der Waals surface area contributed by atoms with Crippen LogP contribution in [0.15, 0.2) is 24.5 Å². The maximum absolute atomic E-state index is 12.3. The molecule has 2 atom stereocenters. The number of carbonyl (C=O) groups excluding carboxylic acids is 1. The molecular weight excluding hydrogens is 306 g/mol. The van der Waals surface area contributed by atoms with Crippen LogP contribution < -0.4 is 5.32 Å². The summed E-state index contributed by atoms with van der Waals surface area (Å²) in [5.41, 5.74) is 1.15. The van der Waals surface area contributed by atoms with E-state index in [1.807, 2.05) is 24.1 Å². The molecule has 2 heterocycles. The Balaban J connectivity index is 1.43. The number of amides is 1. The van der Waals surface area contributed by atoms with Crippen molar-refractivity contribution < 1.29 is 14.3 Å². The van der Waals surface area contributed by atoms with E-state index >= 15 is 0 Å². The second kappa shape index (κ2) is 8.55. The number of nitrogens with one attached hydrogen (secondary N) is 1. The Hall–Kier alpha value is -1.50. The van der Waals surface area contributed by atoms with Crippen LogP contribution in [0.25, 0.3) is 0 Å². The number of pyridine rings is 1. The third-order valence-corrected chi connectivity index (χ3v) is 4.50. The minimum atomic E-state index is -0.0423. The van der Waals surface area contributed by atoms with Gasteiger partial charge in [-0.05, 0) is 49.9 Å². The Morgan fingerprint density at radius 2 is 2.17 bits per heavy atom. The molecule has 3 rings (SSSR count). The van der Waals surface area contributed by atoms with E-state index in [-0.39, 0.29) is 18.1 Å². The molecule has 0 radical (unpaired) electrons. The highest BCUT2D eigenvalue weighted by atomic mass is 16.5. The van der Waals surface area contributed by atoms with E-state index in [2.05, 4.69) is 10.3 Å². The molecule has 1 saturated heterocycles. The molecule has 1 N–H and O–H groups in total. The number of nitrogens with zero attached hydrogens (tertiary/aromatic N) is 2. The minimum absolute atomic E-state index is 0.0158. The first-order valence-corrected chi connectivity index (χ1v) is 8.77. The van der Waals surface area contributed by atoms with E-state index in [1.165, 1.54) is 12.8 Å². The van der Waals surface area contributed by atoms with Crippen LogP contribution in [-0.2, 0) is 20.8 Å². The van der Waals surface area contributed by atoms with Crippen LogP contribution >= 0.6 is 0 Å². The van der Waals surface area contributed by atoms with Gasteiger partial charge >= 0.3 is 0 Å². The van der Waals surface area contributed by atoms with Crippen molar-refractivity contribution in [2.24, 2.45) is 5.92 Å². The summed E-state index contributed by atoms with van der Waals surface area (Å²) in [6, 6.07) is 3.88. The number of aromatic nitrogens is 1. The SMILES string of the molecule is CN(CC(=O)N[C@@H]1COCC[C@@H]1OCC1CC1)Cc1ccncc1. The van der Waals surface area contributed by atoms with Crippen LogP contribution in [-0.4, -0.2) is 61.3 Å². The summed E-state index contributed by atoms with van der Waals surface area (Å²) in [7, 11) is 1.94. The number of rotatable bonds is 8. The minimum Gasteiger partial charge on any atom is -0.379 e. The molecule has 0 aromatic carbocycles. The number of likely N-dealkylation sites (N-methyl/N-ethyl adjacent to an activating group) is 1. The fraction of sp³-hybridized carbons (Fsp3) is 0.667. The normalized spacial score (nSPS) is 24.1. The predicted molar refractivity (Wildman–Crippen MR) is 90.4 cm³/mol. The molecule has 1 aromatic rings. The van der Waals surface area contributed by atoms with Gasteiger partial charge < -0.3 is 14.8 Å². The molecule has 1 saturated carbocycles. The van der Waals surface area contributed by atoms with Crippen LogP contribution in [0.2, 0.25) is 0 Å². The highest BCUT2D eigenvalue weighted by Gasteiger charge is 2.30. The van der Waals surface area contributed by atoms with Gasteiger partial charge in [0.1, 0.15) is 0 Å². The van der Waals surface area contributed by atoms with Crippen molar-refractivity contribution in [3.8, 4) is 0 Å². The van der Waals surface area contributed by atoms with Crippen LogP contribution in [0.4, 0.5) is 0 Å². The van der Waals surface area contributed by atoms with E-state index in [9.17, 15) is 4.79 Å². The van der Waals surface area contributed by atoms with Gasteiger partial charge in [0.15, 0.2) is 0 Å². The number of hydrogen-bond acceptors (Lipinski definition) is 5. The van der Waals surface area contributed by atoms with Gasteiger partial charge in [0, 0.05) is 32.2 Å². The summed E-state index contributed by atoms with van der Waals surface area (Å²) >= 11 is 0. The summed E-state index contributed by atoms with van der Waals surface area (Å²) in [4.78, 5) is 18.3. The van der Waals surface area contributed by atoms with Gasteiger partial charge in [0.2, 0.25) is 5.91 Å². The van der Waals surface area contributed by atoms with Gasteiger partial charge in [-0.1, -0.05) is 0 Å². The Bertz CT molecular complexity index is 522. The summed E-state index contributed by atoms with van der Waals surface area (Å²) in [6.07, 6.45) is 7.02. The van der Waals surface area contributed by atoms with Crippen LogP contribution in [0, 0.1) is 5.92 Å². The summed E-state index contributed by atoms with van der Waals surface area (Å²) < 4.78 is 11.5. The molecule has 24 heavy (non-hydrogen) atoms. The Labute approximate surface area is 143 Å². The predicted octanol–water partition coefficient (Wildman–Crippen LogP) is 1.21. The molecule has 1 aliphatic carbocycles. The maximum Gasteiger partial charge on any atom is 0.234 e. The first-order chi connectivity index (χ1) is 11.7. The second-order valence-electron chi connectivity index (χ2n) is 6.88. The van der Waals surface area contributed by atoms with Crippen molar-refractivity contribution in [2.75, 3.05) is 33.4 Å². The molecule has 6 nitrogen and oxygen atoms in total. The number of ether oxygens (including phenoxy) is 2. The highest BCUT2D eigenvalue weighted by molar-refractivity contribution is 5.78. The lowest BCUT2D eigenvalue weighted by Gasteiger charge is -2.32. The molecule has 2 fully saturated rings. The van der Waals surface area contributed by atoms with E-state index in [4.69, 9.17) is 9.47 Å². The first-order valence-electron chi connectivity index (χ1n) is 8.77. The molecule has 2 aliphatic rings. The molecule has 1 aromatic heterocycles. The van der Waals surface area contributed by atoms with Gasteiger partial charge in [-0.2, -0.15) is 0 Å². The molecule has 1 amide bonds. The van der Waals surface area contributed by atoms with E-state index in [0.29, 0.717) is 19.8 Å². The largest absolute Gasteiger partial charge is 0.379 e. The third-order valence-electron chi connectivity index (χ3n) is 4.50. The van der Waals surface area contributed by atoms with Crippen molar-refractivity contribution in [2.45, 2.75) is 38.0 Å². The van der Waals surface area contributed by atoms with Crippen LogP contribution in [0.5, 0.6) is 0 Å². The lowest BCUT2D eigenvalue weighted by molar-refractivity contribution is -0.127. The summed E-state index contributed by atoms with van der Waals surface area (Å²) in [5, 5.41) is 3.09. The standard InChI is InChI=1S/C18H27N3O3/c1-21(10-14-4-7-19-8-5-14)11-18(22)20-16-13-23-9-6-17(16)24-12-15-2-3-15/h4-5,7-8,15-17H,2-3,6,9-13H2,1H3,(H,20,22)/t16-,17+/m1/s1. The van der Waals surface area contributed by atoms with Gasteiger partial charge in [0.05, 0.1) is 25.3 Å². The average molecular weight is 333 g/mol. The number of hydrogen-bond donors (Lipinski definition) is 1. The van der Waals surface area contributed by atoms with Crippen molar-refractivity contribution in [1.29, 1.82) is 0 Å². The Kier molecular flexibility index (Phi) is 6.18. The molecule has 0 unspecified atom stereocenters. The van der Waals surface area contributed by atoms with Gasteiger partial charge in [-0.15, -0.1) is 0 Å². The summed E-state index contributed by atoms with van der Waals surface area (Å²) in [5.74, 6) is 0.748. The summed E-state index contributed by atoms with van der Waals surface area (Å²) in [6.45, 7) is 3.14. The van der Waals surface area contributed by atoms with Gasteiger partial charge in [-0.3, -0.25) is 14.7 Å². The first kappa shape index (κ1) is 17.3. The highest BCUT2D eigenvalue weighted by Crippen LogP contribution is 2.30. The molecule has 0 spiro atoms. The lowest BCUT2D eigenvalue weighted by Crippen LogP contribution is -2.52. The number of carbonyl (C=O) groups is 1. The van der Waals surface area contributed by atoms with Crippen molar-refractivity contribution in [3.05, 3.63) is 30.1 Å². The van der Waals surface area contributed by atoms with Gasteiger partial charge in [0.25, 0.3) is 0 Å². The van der Waals surface area contributed by atoms with Crippen LogP contribution in [0.1, 0.15) is 24.8 Å². The van der Waals surface area contributed by atoms with E-state index in [0.717, 1.165) is 31.1 Å². The Morgan fingerprint density at radius 3 is 2.92 bits per heavy atom. The monoisotopic (exact) mass is 333 g/mol. The van der Waals surface area contributed by atoms with Crippen molar-refractivity contribution >= 4 is 5.91 Å². The fourth-order valence-electron chi connectivity index (χ4n) is 2.95. The molecule has 0 bridgehead atoms. The average Bonchev–Trinajstić information content (AvgIpc) is 3.39. The lowest BCUT2D eigenvalue weighted by atomic mass is 10.1. The molecule has 132 valence electrons. The zero-order chi connectivity index (χ0) is 16.8. The van der Waals surface area contributed by atoms with Crippen molar-refractivity contribution in [1.82, 2.24) is 15.2 Å². The molecule has 6 heteroatoms. The smallest absolute Gasteiger partial charge is 0.234 e. The zero-order valence-electron chi connectivity index (χ0n) is 14.3. The van der Waals surface area contributed by atoms with Gasteiger partial charge in [-0.25, -0.2) is 0 Å². The molecule has 1 aliphatic heterocycles. The van der Waals surface area contributed by atoms with Crippen LogP contribution in [0.3, 0.4) is 0 Å². The van der Waals surface area contributed by atoms with Crippen molar-refractivity contribution in [3.63, 3.8) is 0 Å². The Morgan fingerprint density at radius 1 is 1.38 bits per heavy atom. The molecular formula is C18H27N3O3. The third kappa shape index (κ3) is 5.54. The fourth-order valence-corrected chi connectivity index (χ4v) is 2.95. The van der Waals surface area contributed by atoms with E-state index in [1.54, 1.807) is 12.4 Å². The second-order valence-corrected chi connectivity index (χ2v) is 6.88. The quantitative estimate of drug-likeness (QED) is 0.775. The zero-order valence-corrected chi connectivity index (χ0v) is 14.3. The maximum atomic E-state index is 12.3.